The van der Waals surface area contributed by atoms with Crippen LogP contribution in [0.4, 0.5) is 0 Å². The van der Waals surface area contributed by atoms with Gasteiger partial charge >= 0.3 is 5.97 Å². The van der Waals surface area contributed by atoms with Crippen LogP contribution in [0, 0.1) is 17.8 Å². The molecule has 0 amide bonds. The summed E-state index contributed by atoms with van der Waals surface area (Å²) in [5.74, 6) is 2.76. The van der Waals surface area contributed by atoms with Crippen LogP contribution in [0.1, 0.15) is 36.3 Å². The van der Waals surface area contributed by atoms with Crippen LogP contribution in [0.15, 0.2) is 60.2 Å². The molecular formula is C23H22O3. The maximum Gasteiger partial charge on any atom is 0.319 e. The number of esters is 1. The maximum atomic E-state index is 13.1. The number of benzene rings is 2. The van der Waals surface area contributed by atoms with Crippen LogP contribution in [0.2, 0.25) is 0 Å². The molecule has 2 fully saturated rings. The van der Waals surface area contributed by atoms with E-state index in [0.717, 1.165) is 22.6 Å². The summed E-state index contributed by atoms with van der Waals surface area (Å²) in [5, 5.41) is 0. The average molecular weight is 346 g/mol. The Kier molecular flexibility index (Phi) is 3.63. The highest BCUT2D eigenvalue weighted by molar-refractivity contribution is 5.89. The molecule has 2 aromatic carbocycles. The number of cyclic esters (lactones) is 1. The first kappa shape index (κ1) is 15.7. The van der Waals surface area contributed by atoms with Crippen LogP contribution in [0.25, 0.3) is 5.76 Å². The monoisotopic (exact) mass is 346 g/mol. The largest absolute Gasteiger partial charge is 0.497 e. The van der Waals surface area contributed by atoms with Crippen LogP contribution < -0.4 is 4.74 Å². The third-order valence-electron chi connectivity index (χ3n) is 6.37. The molecule has 0 aromatic heterocycles. The maximum absolute atomic E-state index is 13.1. The number of fused-ring (bicyclic) bond motifs is 5. The highest BCUT2D eigenvalue weighted by Crippen LogP contribution is 2.60. The zero-order valence-corrected chi connectivity index (χ0v) is 14.9. The number of hydrogen-bond donors (Lipinski definition) is 0. The van der Waals surface area contributed by atoms with Crippen molar-refractivity contribution in [2.75, 3.05) is 7.11 Å². The van der Waals surface area contributed by atoms with E-state index in [4.69, 9.17) is 9.47 Å². The van der Waals surface area contributed by atoms with Gasteiger partial charge in [-0.25, -0.2) is 0 Å². The summed E-state index contributed by atoms with van der Waals surface area (Å²) >= 11 is 0. The second-order valence-electron chi connectivity index (χ2n) is 7.62. The highest BCUT2D eigenvalue weighted by atomic mass is 16.5. The van der Waals surface area contributed by atoms with Crippen LogP contribution in [0.5, 0.6) is 5.75 Å². The van der Waals surface area contributed by atoms with E-state index in [1.54, 1.807) is 7.11 Å². The van der Waals surface area contributed by atoms with Gasteiger partial charge in [-0.05, 0) is 54.4 Å². The summed E-state index contributed by atoms with van der Waals surface area (Å²) in [7, 11) is 1.66. The van der Waals surface area contributed by atoms with Gasteiger partial charge in [0, 0.05) is 11.5 Å². The number of carbonyl (C=O) groups is 1. The van der Waals surface area contributed by atoms with Crippen molar-refractivity contribution in [2.45, 2.75) is 25.2 Å². The molecule has 1 heterocycles. The van der Waals surface area contributed by atoms with Crippen molar-refractivity contribution in [3.8, 4) is 5.75 Å². The van der Waals surface area contributed by atoms with Crippen molar-refractivity contribution in [3.63, 3.8) is 0 Å². The lowest BCUT2D eigenvalue weighted by Gasteiger charge is -2.37. The first-order chi connectivity index (χ1) is 12.8. The average Bonchev–Trinajstić information content (AvgIpc) is 3.31. The smallest absolute Gasteiger partial charge is 0.319 e. The van der Waals surface area contributed by atoms with E-state index in [2.05, 4.69) is 0 Å². The van der Waals surface area contributed by atoms with E-state index in [-0.39, 0.29) is 17.8 Å². The van der Waals surface area contributed by atoms with Gasteiger partial charge < -0.3 is 9.47 Å². The molecule has 2 aliphatic carbocycles. The summed E-state index contributed by atoms with van der Waals surface area (Å²) in [4.78, 5) is 13.1. The van der Waals surface area contributed by atoms with Crippen LogP contribution in [-0.4, -0.2) is 13.1 Å². The molecule has 3 nitrogen and oxygen atoms in total. The van der Waals surface area contributed by atoms with E-state index < -0.39 is 0 Å². The minimum atomic E-state index is -0.196. The summed E-state index contributed by atoms with van der Waals surface area (Å²) in [6, 6.07) is 18.0. The second-order valence-corrected chi connectivity index (χ2v) is 7.62. The Morgan fingerprint density at radius 2 is 1.77 bits per heavy atom. The summed E-state index contributed by atoms with van der Waals surface area (Å²) in [6.45, 7) is 0. The van der Waals surface area contributed by atoms with E-state index in [9.17, 15) is 4.79 Å². The SMILES string of the molecule is COc1ccc(C2C(=O)OC(c3ccccc3)=C3C4CCC(C4)C32)cc1. The van der Waals surface area contributed by atoms with E-state index in [1.165, 1.54) is 24.8 Å². The van der Waals surface area contributed by atoms with Crippen LogP contribution in [0.3, 0.4) is 0 Å². The lowest BCUT2D eigenvalue weighted by Crippen LogP contribution is -2.34. The number of methoxy groups -OCH3 is 1. The van der Waals surface area contributed by atoms with Gasteiger partial charge in [0.2, 0.25) is 0 Å². The van der Waals surface area contributed by atoms with Crippen molar-refractivity contribution in [3.05, 3.63) is 71.3 Å². The number of hydrogen-bond acceptors (Lipinski definition) is 3. The van der Waals surface area contributed by atoms with Crippen molar-refractivity contribution in [1.29, 1.82) is 0 Å². The standard InChI is InChI=1S/C23H22O3/c1-25-18-11-9-14(10-12-18)21-19-16-7-8-17(13-16)20(19)22(26-23(21)24)15-5-3-2-4-6-15/h2-6,9-12,16-17,19,21H,7-8,13H2,1H3. The fourth-order valence-electron chi connectivity index (χ4n) is 5.28. The Balaban J connectivity index is 1.62. The predicted octanol–water partition coefficient (Wildman–Crippen LogP) is 4.79. The molecule has 0 N–H and O–H groups in total. The fraction of sp³-hybridized carbons (Fsp3) is 0.348. The first-order valence-corrected chi connectivity index (χ1v) is 9.41. The molecule has 2 bridgehead atoms. The molecule has 4 unspecified atom stereocenters. The Morgan fingerprint density at radius 3 is 2.50 bits per heavy atom. The van der Waals surface area contributed by atoms with Gasteiger partial charge in [-0.15, -0.1) is 0 Å². The topological polar surface area (TPSA) is 35.5 Å². The number of rotatable bonds is 3. The van der Waals surface area contributed by atoms with Crippen LogP contribution in [-0.2, 0) is 9.53 Å². The van der Waals surface area contributed by atoms with Gasteiger partial charge in [0.15, 0.2) is 0 Å². The number of carbonyl (C=O) groups excluding carboxylic acids is 1. The molecule has 3 aliphatic rings. The normalized spacial score (nSPS) is 29.5. The van der Waals surface area contributed by atoms with Gasteiger partial charge in [-0.1, -0.05) is 42.5 Å². The van der Waals surface area contributed by atoms with Gasteiger partial charge in [0.25, 0.3) is 0 Å². The Hall–Kier alpha value is -2.55. The van der Waals surface area contributed by atoms with Gasteiger partial charge in [0.1, 0.15) is 11.5 Å². The van der Waals surface area contributed by atoms with Crippen molar-refractivity contribution in [1.82, 2.24) is 0 Å². The molecule has 0 radical (unpaired) electrons. The molecule has 5 rings (SSSR count). The Morgan fingerprint density at radius 1 is 1.00 bits per heavy atom. The molecule has 4 atom stereocenters. The molecule has 0 spiro atoms. The second kappa shape index (κ2) is 6.01. The number of ether oxygens (including phenoxy) is 2. The first-order valence-electron chi connectivity index (χ1n) is 9.41. The molecule has 0 saturated heterocycles. The highest BCUT2D eigenvalue weighted by Gasteiger charge is 2.54. The summed E-state index contributed by atoms with van der Waals surface area (Å²) < 4.78 is 11.2. The van der Waals surface area contributed by atoms with Gasteiger partial charge in [-0.2, -0.15) is 0 Å². The van der Waals surface area contributed by atoms with Crippen molar-refractivity contribution >= 4 is 11.7 Å². The minimum Gasteiger partial charge on any atom is -0.497 e. The minimum absolute atomic E-state index is 0.115. The predicted molar refractivity (Wildman–Crippen MR) is 99.5 cm³/mol. The lowest BCUT2D eigenvalue weighted by atomic mass is 9.71. The molecule has 132 valence electrons. The molecular weight excluding hydrogens is 324 g/mol. The van der Waals surface area contributed by atoms with Crippen molar-refractivity contribution in [2.24, 2.45) is 17.8 Å². The molecule has 26 heavy (non-hydrogen) atoms. The molecule has 3 heteroatoms. The van der Waals surface area contributed by atoms with Gasteiger partial charge in [-0.3, -0.25) is 4.79 Å². The van der Waals surface area contributed by atoms with E-state index >= 15 is 0 Å². The molecule has 2 saturated carbocycles. The summed E-state index contributed by atoms with van der Waals surface area (Å²) in [6.07, 6.45) is 3.64. The van der Waals surface area contributed by atoms with Gasteiger partial charge in [0.05, 0.1) is 13.0 Å². The van der Waals surface area contributed by atoms with E-state index in [1.807, 2.05) is 54.6 Å². The van der Waals surface area contributed by atoms with Crippen LogP contribution >= 0.6 is 0 Å². The summed E-state index contributed by atoms with van der Waals surface area (Å²) in [5.41, 5.74) is 3.45. The Labute approximate surface area is 153 Å². The quantitative estimate of drug-likeness (QED) is 0.750. The Bertz CT molecular complexity index is 866. The zero-order valence-electron chi connectivity index (χ0n) is 14.9. The van der Waals surface area contributed by atoms with E-state index in [0.29, 0.717) is 11.8 Å². The zero-order chi connectivity index (χ0) is 17.7. The third kappa shape index (κ3) is 2.30. The molecule has 1 aliphatic heterocycles. The third-order valence-corrected chi connectivity index (χ3v) is 6.37. The van der Waals surface area contributed by atoms with Crippen molar-refractivity contribution < 1.29 is 14.3 Å². The lowest BCUT2D eigenvalue weighted by molar-refractivity contribution is -0.141. The number of allylic oxidation sites excluding steroid dienone is 1. The molecule has 2 aromatic rings. The fourth-order valence-corrected chi connectivity index (χ4v) is 5.28.